The first-order valence-electron chi connectivity index (χ1n) is 12.4. The van der Waals surface area contributed by atoms with Gasteiger partial charge in [-0.1, -0.05) is 88.7 Å². The lowest BCUT2D eigenvalue weighted by Crippen LogP contribution is -2.38. The van der Waals surface area contributed by atoms with E-state index in [9.17, 15) is 10.0 Å². The topological polar surface area (TPSA) is 75.0 Å². The highest BCUT2D eigenvalue weighted by Crippen LogP contribution is 2.49. The van der Waals surface area contributed by atoms with Gasteiger partial charge in [-0.2, -0.15) is 0 Å². The second-order valence-electron chi connectivity index (χ2n) is 9.43. The van der Waals surface area contributed by atoms with Crippen molar-refractivity contribution in [3.63, 3.8) is 0 Å². The lowest BCUT2D eigenvalue weighted by molar-refractivity contribution is 0.00364. The molecule has 0 unspecified atom stereocenters. The van der Waals surface area contributed by atoms with E-state index < -0.39 is 11.5 Å². The second kappa shape index (κ2) is 10.9. The van der Waals surface area contributed by atoms with Crippen LogP contribution in [0.3, 0.4) is 0 Å². The van der Waals surface area contributed by atoms with Crippen molar-refractivity contribution in [3.05, 3.63) is 123 Å². The fraction of sp³-hybridized carbons (Fsp3) is 0.194. The highest BCUT2D eigenvalue weighted by Gasteiger charge is 2.43. The number of pyridine rings is 1. The molecule has 5 aromatic rings. The maximum Gasteiger partial charge on any atom is 0.217 e. The number of methoxy groups -OCH3 is 1. The Balaban J connectivity index is 1.83. The molecule has 38 heavy (non-hydrogen) atoms. The molecule has 0 saturated heterocycles. The van der Waals surface area contributed by atoms with Crippen molar-refractivity contribution in [1.29, 1.82) is 0 Å². The minimum atomic E-state index is -1.45. The highest BCUT2D eigenvalue weighted by molar-refractivity contribution is 9.10. The monoisotopic (exact) mass is 569 g/mol. The van der Waals surface area contributed by atoms with E-state index in [1.165, 1.54) is 5.01 Å². The Morgan fingerprint density at radius 1 is 0.974 bits per heavy atom. The van der Waals surface area contributed by atoms with Crippen LogP contribution in [0.4, 0.5) is 0 Å². The Bertz CT molecular complexity index is 1590. The molecule has 5 rings (SSSR count). The number of nitroso groups, excluding NO2 is 1. The Kier molecular flexibility index (Phi) is 7.40. The molecule has 1 heterocycles. The lowest BCUT2D eigenvalue weighted by atomic mass is 9.70. The quantitative estimate of drug-likeness (QED) is 0.150. The number of aliphatic hydroxyl groups is 1. The van der Waals surface area contributed by atoms with Gasteiger partial charge in [-0.3, -0.25) is 5.01 Å². The van der Waals surface area contributed by atoms with Crippen LogP contribution >= 0.6 is 15.9 Å². The van der Waals surface area contributed by atoms with Crippen molar-refractivity contribution in [2.75, 3.05) is 20.7 Å². The largest absolute Gasteiger partial charge is 0.481 e. The summed E-state index contributed by atoms with van der Waals surface area (Å²) >= 11 is 3.57. The second-order valence-corrected chi connectivity index (χ2v) is 10.3. The molecule has 0 saturated carbocycles. The molecule has 1 aromatic heterocycles. The van der Waals surface area contributed by atoms with Crippen molar-refractivity contribution in [2.24, 2.45) is 5.29 Å². The molecule has 7 heteroatoms. The Labute approximate surface area is 230 Å². The fourth-order valence-corrected chi connectivity index (χ4v) is 5.66. The maximum atomic E-state index is 13.0. The summed E-state index contributed by atoms with van der Waals surface area (Å²) in [6, 6.07) is 31.8. The molecule has 0 aliphatic rings. The Morgan fingerprint density at radius 2 is 1.71 bits per heavy atom. The number of ether oxygens (including phenoxy) is 1. The van der Waals surface area contributed by atoms with Crippen LogP contribution in [0.2, 0.25) is 0 Å². The number of benzene rings is 4. The number of fused-ring (bicyclic) bond motifs is 2. The molecule has 192 valence electrons. The van der Waals surface area contributed by atoms with Crippen LogP contribution in [0, 0.1) is 4.91 Å². The first-order chi connectivity index (χ1) is 18.4. The van der Waals surface area contributed by atoms with E-state index >= 15 is 0 Å². The minimum Gasteiger partial charge on any atom is -0.481 e. The molecule has 0 aliphatic carbocycles. The third-order valence-corrected chi connectivity index (χ3v) is 7.59. The van der Waals surface area contributed by atoms with Crippen molar-refractivity contribution < 1.29 is 9.84 Å². The molecule has 0 bridgehead atoms. The summed E-state index contributed by atoms with van der Waals surface area (Å²) in [5.74, 6) is -0.130. The number of hydrogen-bond donors (Lipinski definition) is 1. The molecular formula is C31H28BrN3O3. The van der Waals surface area contributed by atoms with Crippen molar-refractivity contribution in [2.45, 2.75) is 17.9 Å². The van der Waals surface area contributed by atoms with Gasteiger partial charge in [-0.25, -0.2) is 4.98 Å². The zero-order valence-electron chi connectivity index (χ0n) is 21.2. The van der Waals surface area contributed by atoms with Gasteiger partial charge in [0.2, 0.25) is 5.88 Å². The van der Waals surface area contributed by atoms with E-state index in [4.69, 9.17) is 9.72 Å². The molecule has 1 N–H and O–H groups in total. The van der Waals surface area contributed by atoms with Crippen LogP contribution in [-0.4, -0.2) is 35.8 Å². The van der Waals surface area contributed by atoms with Gasteiger partial charge in [0.25, 0.3) is 0 Å². The Hall–Kier alpha value is -3.81. The van der Waals surface area contributed by atoms with Crippen molar-refractivity contribution >= 4 is 37.6 Å². The van der Waals surface area contributed by atoms with Crippen molar-refractivity contribution in [3.8, 4) is 5.88 Å². The number of aromatic nitrogens is 1. The number of rotatable bonds is 9. The van der Waals surface area contributed by atoms with E-state index in [0.29, 0.717) is 5.88 Å². The normalized spacial score (nSPS) is 13.7. The number of hydrogen-bond acceptors (Lipinski definition) is 5. The average molecular weight is 570 g/mol. The molecule has 0 spiro atoms. The first kappa shape index (κ1) is 25.8. The van der Waals surface area contributed by atoms with Crippen LogP contribution in [0.5, 0.6) is 5.88 Å². The van der Waals surface area contributed by atoms with Gasteiger partial charge in [-0.15, -0.1) is 4.91 Å². The standard InChI is InChI=1S/C31H28BrN3O3/c1-35(34-37)18-17-31(36,27-14-8-12-21-9-6-7-13-25(21)27)29(22-10-4-3-5-11-22)26-20-23-19-24(32)15-16-28(23)33-30(26)38-2/h3-16,19-20,29,36H,17-18H2,1-2H3/t29-,31-/m1/s1. The molecule has 0 aliphatic heterocycles. The lowest BCUT2D eigenvalue weighted by Gasteiger charge is -2.39. The van der Waals surface area contributed by atoms with Crippen LogP contribution in [-0.2, 0) is 5.60 Å². The van der Waals surface area contributed by atoms with E-state index in [2.05, 4.69) is 21.2 Å². The third-order valence-electron chi connectivity index (χ3n) is 7.10. The van der Waals surface area contributed by atoms with Crippen LogP contribution in [0.15, 0.2) is 107 Å². The molecular weight excluding hydrogens is 542 g/mol. The third kappa shape index (κ3) is 4.87. The maximum absolute atomic E-state index is 13.0. The average Bonchev–Trinajstić information content (AvgIpc) is 2.95. The summed E-state index contributed by atoms with van der Waals surface area (Å²) in [4.78, 5) is 16.1. The highest BCUT2D eigenvalue weighted by atomic mass is 79.9. The first-order valence-corrected chi connectivity index (χ1v) is 13.2. The van der Waals surface area contributed by atoms with E-state index in [0.717, 1.165) is 42.8 Å². The SMILES string of the molecule is COc1nc2ccc(Br)cc2cc1[C@@H](c1ccccc1)[C@@](O)(CCN(C)N=O)c1cccc2ccccc12. The fourth-order valence-electron chi connectivity index (χ4n) is 5.28. The zero-order valence-corrected chi connectivity index (χ0v) is 22.8. The molecule has 0 fully saturated rings. The molecule has 6 nitrogen and oxygen atoms in total. The Morgan fingerprint density at radius 3 is 2.47 bits per heavy atom. The summed E-state index contributed by atoms with van der Waals surface area (Å²) < 4.78 is 6.77. The van der Waals surface area contributed by atoms with Gasteiger partial charge < -0.3 is 9.84 Å². The van der Waals surface area contributed by atoms with Crippen molar-refractivity contribution in [1.82, 2.24) is 9.99 Å². The predicted octanol–water partition coefficient (Wildman–Crippen LogP) is 7.18. The van der Waals surface area contributed by atoms with E-state index in [1.807, 2.05) is 97.1 Å². The molecule has 0 radical (unpaired) electrons. The van der Waals surface area contributed by atoms with Gasteiger partial charge in [0, 0.05) is 41.4 Å². The van der Waals surface area contributed by atoms with Crippen LogP contribution in [0.25, 0.3) is 21.7 Å². The summed E-state index contributed by atoms with van der Waals surface area (Å²) in [7, 11) is 3.21. The minimum absolute atomic E-state index is 0.239. The van der Waals surface area contributed by atoms with Gasteiger partial charge in [0.05, 0.1) is 17.9 Å². The molecule has 0 amide bonds. The molecule has 2 atom stereocenters. The molecule has 4 aromatic carbocycles. The van der Waals surface area contributed by atoms with Gasteiger partial charge in [0.1, 0.15) is 5.60 Å². The van der Waals surface area contributed by atoms with Crippen LogP contribution < -0.4 is 4.74 Å². The summed E-state index contributed by atoms with van der Waals surface area (Å²) in [5.41, 5.74) is 1.76. The van der Waals surface area contributed by atoms with E-state index in [1.54, 1.807) is 14.2 Å². The van der Waals surface area contributed by atoms with Gasteiger partial charge >= 0.3 is 0 Å². The number of halogens is 1. The number of nitrogens with zero attached hydrogens (tertiary/aromatic N) is 3. The zero-order chi connectivity index (χ0) is 26.7. The summed E-state index contributed by atoms with van der Waals surface area (Å²) in [5, 5.41) is 20.2. The van der Waals surface area contributed by atoms with Crippen LogP contribution in [0.1, 0.15) is 29.0 Å². The van der Waals surface area contributed by atoms with Gasteiger partial charge in [0.15, 0.2) is 0 Å². The summed E-state index contributed by atoms with van der Waals surface area (Å²) in [6.45, 7) is 0.251. The summed E-state index contributed by atoms with van der Waals surface area (Å²) in [6.07, 6.45) is 0.239. The van der Waals surface area contributed by atoms with Gasteiger partial charge in [-0.05, 0) is 46.2 Å². The van der Waals surface area contributed by atoms with E-state index in [-0.39, 0.29) is 13.0 Å². The predicted molar refractivity (Wildman–Crippen MR) is 155 cm³/mol. The smallest absolute Gasteiger partial charge is 0.217 e.